The van der Waals surface area contributed by atoms with Crippen LogP contribution in [0.1, 0.15) is 6.42 Å². The molecule has 0 fully saturated rings. The van der Waals surface area contributed by atoms with Crippen molar-refractivity contribution in [2.75, 3.05) is 37.9 Å². The highest BCUT2D eigenvalue weighted by atomic mass is 35.5. The lowest BCUT2D eigenvalue weighted by Crippen LogP contribution is -2.20. The number of rotatable bonds is 8. The molecule has 0 bridgehead atoms. The normalized spacial score (nSPS) is 10.2. The van der Waals surface area contributed by atoms with Crippen molar-refractivity contribution in [2.24, 2.45) is 0 Å². The Labute approximate surface area is 171 Å². The highest BCUT2D eigenvalue weighted by molar-refractivity contribution is 6.18. The number of pyridine rings is 1. The van der Waals surface area contributed by atoms with Crippen molar-refractivity contribution in [3.05, 3.63) is 42.5 Å². The van der Waals surface area contributed by atoms with E-state index in [-0.39, 0.29) is 24.8 Å². The smallest absolute Gasteiger partial charge is 0.119 e. The van der Waals surface area contributed by atoms with Crippen LogP contribution in [0.15, 0.2) is 42.5 Å². The summed E-state index contributed by atoms with van der Waals surface area (Å²) in [6.07, 6.45) is 1.03. The minimum Gasteiger partial charge on any atom is -0.497 e. The Morgan fingerprint density at radius 1 is 0.962 bits per heavy atom. The molecule has 1 heterocycles. The number of hydrogen-bond donors (Lipinski definition) is 2. The van der Waals surface area contributed by atoms with E-state index in [4.69, 9.17) is 21.3 Å². The number of aromatic nitrogens is 1. The topological polar surface area (TPSA) is 46.2 Å². The van der Waals surface area contributed by atoms with Crippen molar-refractivity contribution in [1.82, 2.24) is 10.3 Å². The maximum Gasteiger partial charge on any atom is 0.119 e. The van der Waals surface area contributed by atoms with E-state index in [1.165, 1.54) is 0 Å². The standard InChI is InChI=1S/C19H22ClN3O.2ClH/c1-24-14-7-8-18-16(13-14)19(22-11-4-10-21-12-9-20)15-5-2-3-6-17(15)23-18;;/h2-3,5-8,13,21H,4,9-12H2,1H3,(H,22,23);2*1H. The zero-order valence-corrected chi connectivity index (χ0v) is 17.0. The quantitative estimate of drug-likeness (QED) is 0.312. The van der Waals surface area contributed by atoms with Gasteiger partial charge in [0.15, 0.2) is 0 Å². The number of fused-ring (bicyclic) bond motifs is 2. The average Bonchev–Trinajstić information content (AvgIpc) is 2.63. The molecule has 0 spiro atoms. The number of nitrogens with zero attached hydrogens (tertiary/aromatic N) is 1. The van der Waals surface area contributed by atoms with Gasteiger partial charge >= 0.3 is 0 Å². The maximum atomic E-state index is 5.67. The van der Waals surface area contributed by atoms with Crippen LogP contribution in [0.5, 0.6) is 5.75 Å². The van der Waals surface area contributed by atoms with E-state index < -0.39 is 0 Å². The molecule has 3 rings (SSSR count). The van der Waals surface area contributed by atoms with Gasteiger partial charge in [-0.25, -0.2) is 4.98 Å². The molecule has 0 atom stereocenters. The third-order valence-electron chi connectivity index (χ3n) is 3.99. The molecular weight excluding hydrogens is 393 g/mol. The number of alkyl halides is 1. The van der Waals surface area contributed by atoms with Gasteiger partial charge in [0.2, 0.25) is 0 Å². The molecule has 0 aliphatic heterocycles. The van der Waals surface area contributed by atoms with Crippen molar-refractivity contribution < 1.29 is 4.74 Å². The van der Waals surface area contributed by atoms with Crippen molar-refractivity contribution in [3.63, 3.8) is 0 Å². The highest BCUT2D eigenvalue weighted by Crippen LogP contribution is 2.32. The number of para-hydroxylation sites is 1. The zero-order valence-electron chi connectivity index (χ0n) is 14.6. The van der Waals surface area contributed by atoms with E-state index in [1.54, 1.807) is 7.11 Å². The molecule has 0 aliphatic carbocycles. The zero-order chi connectivity index (χ0) is 16.8. The second-order valence-electron chi connectivity index (χ2n) is 5.61. The number of benzene rings is 2. The molecule has 1 aromatic heterocycles. The number of anilines is 1. The van der Waals surface area contributed by atoms with Gasteiger partial charge in [0.1, 0.15) is 5.75 Å². The number of nitrogens with one attached hydrogen (secondary N) is 2. The van der Waals surface area contributed by atoms with E-state index in [2.05, 4.69) is 16.7 Å². The molecule has 0 radical (unpaired) electrons. The SMILES string of the molecule is COc1ccc2nc3ccccc3c(NCCCNCCCl)c2c1.Cl.Cl. The van der Waals surface area contributed by atoms with Gasteiger partial charge in [0.25, 0.3) is 0 Å². The van der Waals surface area contributed by atoms with Gasteiger partial charge in [0.05, 0.1) is 23.8 Å². The van der Waals surface area contributed by atoms with Crippen LogP contribution >= 0.6 is 36.4 Å². The molecule has 0 amide bonds. The lowest BCUT2D eigenvalue weighted by atomic mass is 10.1. The van der Waals surface area contributed by atoms with Crippen LogP contribution in [-0.2, 0) is 0 Å². The summed E-state index contributed by atoms with van der Waals surface area (Å²) in [5.74, 6) is 1.48. The first-order valence-corrected chi connectivity index (χ1v) is 8.74. The molecular formula is C19H24Cl3N3O. The molecule has 0 aliphatic rings. The summed E-state index contributed by atoms with van der Waals surface area (Å²) in [5.41, 5.74) is 3.09. The Kier molecular flexibility index (Phi) is 9.81. The molecule has 3 aromatic rings. The molecule has 142 valence electrons. The average molecular weight is 417 g/mol. The lowest BCUT2D eigenvalue weighted by Gasteiger charge is -2.14. The van der Waals surface area contributed by atoms with Gasteiger partial charge in [0, 0.05) is 29.7 Å². The number of halogens is 3. The summed E-state index contributed by atoms with van der Waals surface area (Å²) in [6, 6.07) is 14.2. The lowest BCUT2D eigenvalue weighted by molar-refractivity contribution is 0.415. The number of ether oxygens (including phenoxy) is 1. The number of methoxy groups -OCH3 is 1. The highest BCUT2D eigenvalue weighted by Gasteiger charge is 2.09. The molecule has 0 saturated carbocycles. The summed E-state index contributed by atoms with van der Waals surface area (Å²) in [4.78, 5) is 4.76. The van der Waals surface area contributed by atoms with Crippen molar-refractivity contribution >= 4 is 63.9 Å². The minimum atomic E-state index is 0. The van der Waals surface area contributed by atoms with Gasteiger partial charge in [-0.2, -0.15) is 0 Å². The molecule has 2 aromatic carbocycles. The van der Waals surface area contributed by atoms with E-state index in [0.717, 1.165) is 59.3 Å². The van der Waals surface area contributed by atoms with Crippen LogP contribution in [0, 0.1) is 0 Å². The van der Waals surface area contributed by atoms with Crippen molar-refractivity contribution in [1.29, 1.82) is 0 Å². The summed E-state index contributed by atoms with van der Waals surface area (Å²) in [7, 11) is 1.69. The third-order valence-corrected chi connectivity index (χ3v) is 4.18. The maximum absolute atomic E-state index is 5.67. The second kappa shape index (κ2) is 11.3. The van der Waals surface area contributed by atoms with E-state index in [1.807, 2.05) is 36.4 Å². The first kappa shape index (κ1) is 22.6. The first-order chi connectivity index (χ1) is 11.8. The molecule has 0 unspecified atom stereocenters. The fourth-order valence-corrected chi connectivity index (χ4v) is 2.94. The largest absolute Gasteiger partial charge is 0.497 e. The summed E-state index contributed by atoms with van der Waals surface area (Å²) in [5, 5.41) is 9.12. The summed E-state index contributed by atoms with van der Waals surface area (Å²) < 4.78 is 5.38. The van der Waals surface area contributed by atoms with Crippen LogP contribution in [0.25, 0.3) is 21.8 Å². The van der Waals surface area contributed by atoms with Gasteiger partial charge in [-0.05, 0) is 37.2 Å². The van der Waals surface area contributed by atoms with Crippen LogP contribution in [0.4, 0.5) is 5.69 Å². The van der Waals surface area contributed by atoms with Crippen molar-refractivity contribution in [3.8, 4) is 5.75 Å². The summed E-state index contributed by atoms with van der Waals surface area (Å²) in [6.45, 7) is 2.68. The van der Waals surface area contributed by atoms with E-state index >= 15 is 0 Å². The minimum absolute atomic E-state index is 0. The predicted molar refractivity (Wildman–Crippen MR) is 117 cm³/mol. The fourth-order valence-electron chi connectivity index (χ4n) is 2.81. The first-order valence-electron chi connectivity index (χ1n) is 8.20. The predicted octanol–water partition coefficient (Wildman–Crippen LogP) is 4.87. The molecule has 4 nitrogen and oxygen atoms in total. The number of hydrogen-bond acceptors (Lipinski definition) is 4. The van der Waals surface area contributed by atoms with E-state index in [0.29, 0.717) is 5.88 Å². The second-order valence-corrected chi connectivity index (χ2v) is 5.98. The Morgan fingerprint density at radius 2 is 1.73 bits per heavy atom. The Bertz CT molecular complexity index is 830. The fraction of sp³-hybridized carbons (Fsp3) is 0.316. The Hall–Kier alpha value is -1.46. The van der Waals surface area contributed by atoms with Crippen molar-refractivity contribution in [2.45, 2.75) is 6.42 Å². The van der Waals surface area contributed by atoms with Crippen LogP contribution in [0.3, 0.4) is 0 Å². The summed E-state index contributed by atoms with van der Waals surface area (Å²) >= 11 is 5.67. The Balaban J connectivity index is 0.00000169. The Morgan fingerprint density at radius 3 is 2.50 bits per heavy atom. The van der Waals surface area contributed by atoms with Gasteiger partial charge < -0.3 is 15.4 Å². The molecule has 7 heteroatoms. The molecule has 26 heavy (non-hydrogen) atoms. The van der Waals surface area contributed by atoms with Crippen LogP contribution < -0.4 is 15.4 Å². The van der Waals surface area contributed by atoms with Gasteiger partial charge in [-0.15, -0.1) is 36.4 Å². The van der Waals surface area contributed by atoms with E-state index in [9.17, 15) is 0 Å². The van der Waals surface area contributed by atoms with Crippen LogP contribution in [0.2, 0.25) is 0 Å². The van der Waals surface area contributed by atoms with Gasteiger partial charge in [-0.3, -0.25) is 0 Å². The van der Waals surface area contributed by atoms with Gasteiger partial charge in [-0.1, -0.05) is 18.2 Å². The molecule has 0 saturated heterocycles. The monoisotopic (exact) mass is 415 g/mol. The van der Waals surface area contributed by atoms with Crippen LogP contribution in [-0.4, -0.2) is 37.6 Å². The third kappa shape index (κ3) is 5.27. The molecule has 2 N–H and O–H groups in total.